The predicted molar refractivity (Wildman–Crippen MR) is 70.6 cm³/mol. The van der Waals surface area contributed by atoms with Crippen LogP contribution in [0.1, 0.15) is 13.3 Å². The van der Waals surface area contributed by atoms with Crippen molar-refractivity contribution in [2.75, 3.05) is 18.1 Å². The van der Waals surface area contributed by atoms with Crippen molar-refractivity contribution in [3.05, 3.63) is 26.9 Å². The maximum absolute atomic E-state index is 11.1. The van der Waals surface area contributed by atoms with E-state index in [0.29, 0.717) is 22.8 Å². The highest BCUT2D eigenvalue weighted by Gasteiger charge is 2.35. The summed E-state index contributed by atoms with van der Waals surface area (Å²) in [6.45, 7) is 2.70. The second kappa shape index (κ2) is 5.19. The van der Waals surface area contributed by atoms with Crippen molar-refractivity contribution in [1.82, 2.24) is 4.98 Å². The zero-order valence-electron chi connectivity index (χ0n) is 9.91. The fourth-order valence-electron chi connectivity index (χ4n) is 2.33. The molecule has 0 aliphatic carbocycles. The van der Waals surface area contributed by atoms with Crippen LogP contribution < -0.4 is 4.90 Å². The van der Waals surface area contributed by atoms with Gasteiger partial charge in [-0.1, -0.05) is 6.92 Å². The summed E-state index contributed by atoms with van der Waals surface area (Å²) in [5, 5.41) is 20.5. The Bertz CT molecular complexity index is 469. The first-order valence-electron chi connectivity index (χ1n) is 5.72. The van der Waals surface area contributed by atoms with Crippen LogP contribution >= 0.6 is 15.9 Å². The van der Waals surface area contributed by atoms with Gasteiger partial charge in [0.15, 0.2) is 0 Å². The predicted octanol–water partition coefficient (Wildman–Crippen LogP) is 1.96. The number of nitrogens with zero attached hydrogens (tertiary/aromatic N) is 3. The molecule has 2 rings (SSSR count). The minimum atomic E-state index is -0.440. The molecule has 1 fully saturated rings. The Kier molecular flexibility index (Phi) is 3.82. The Morgan fingerprint density at radius 3 is 3.06 bits per heavy atom. The number of rotatable bonds is 3. The summed E-state index contributed by atoms with van der Waals surface area (Å²) < 4.78 is 0.575. The molecule has 0 spiro atoms. The number of hydrogen-bond acceptors (Lipinski definition) is 5. The summed E-state index contributed by atoms with van der Waals surface area (Å²) in [6, 6.07) is 1.34. The molecule has 1 aromatic heterocycles. The van der Waals surface area contributed by atoms with Crippen molar-refractivity contribution in [2.45, 2.75) is 19.4 Å². The number of aliphatic hydroxyl groups excluding tert-OH is 1. The molecular weight excluding hydrogens is 302 g/mol. The van der Waals surface area contributed by atoms with Crippen LogP contribution in [0.5, 0.6) is 0 Å². The lowest BCUT2D eigenvalue weighted by Gasteiger charge is -2.25. The van der Waals surface area contributed by atoms with Gasteiger partial charge in [0.25, 0.3) is 0 Å². The Morgan fingerprint density at radius 2 is 2.44 bits per heavy atom. The van der Waals surface area contributed by atoms with E-state index in [0.717, 1.165) is 6.42 Å². The first-order chi connectivity index (χ1) is 8.54. The van der Waals surface area contributed by atoms with Gasteiger partial charge in [-0.3, -0.25) is 10.1 Å². The van der Waals surface area contributed by atoms with E-state index >= 15 is 0 Å². The summed E-state index contributed by atoms with van der Waals surface area (Å²) in [5.74, 6) is 0.645. The lowest BCUT2D eigenvalue weighted by Crippen LogP contribution is -2.36. The lowest BCUT2D eigenvalue weighted by atomic mass is 10.0. The number of anilines is 1. The zero-order valence-corrected chi connectivity index (χ0v) is 11.5. The van der Waals surface area contributed by atoms with Gasteiger partial charge in [-0.15, -0.1) is 0 Å². The first-order valence-corrected chi connectivity index (χ1v) is 6.51. The summed E-state index contributed by atoms with van der Waals surface area (Å²) in [7, 11) is 0. The largest absolute Gasteiger partial charge is 0.394 e. The smallest absolute Gasteiger partial charge is 0.312 e. The van der Waals surface area contributed by atoms with Crippen LogP contribution in [0, 0.1) is 16.0 Å². The molecule has 1 N–H and O–H groups in total. The molecule has 1 saturated heterocycles. The van der Waals surface area contributed by atoms with E-state index < -0.39 is 4.92 Å². The van der Waals surface area contributed by atoms with Crippen LogP contribution in [-0.4, -0.2) is 34.2 Å². The monoisotopic (exact) mass is 315 g/mol. The zero-order chi connectivity index (χ0) is 13.3. The number of aromatic nitrogens is 1. The van der Waals surface area contributed by atoms with Gasteiger partial charge in [0.05, 0.1) is 17.6 Å². The molecule has 0 saturated carbocycles. The van der Waals surface area contributed by atoms with Crippen molar-refractivity contribution in [1.29, 1.82) is 0 Å². The topological polar surface area (TPSA) is 79.5 Å². The van der Waals surface area contributed by atoms with Crippen molar-refractivity contribution in [3.63, 3.8) is 0 Å². The number of pyridine rings is 1. The highest BCUT2D eigenvalue weighted by molar-refractivity contribution is 9.10. The maximum atomic E-state index is 11.1. The van der Waals surface area contributed by atoms with E-state index in [2.05, 4.69) is 20.9 Å². The second-order valence-corrected chi connectivity index (χ2v) is 5.38. The minimum Gasteiger partial charge on any atom is -0.394 e. The number of nitro groups is 1. The van der Waals surface area contributed by atoms with Crippen LogP contribution in [0.15, 0.2) is 16.7 Å². The van der Waals surface area contributed by atoms with E-state index in [9.17, 15) is 15.2 Å². The average Bonchev–Trinajstić information content (AvgIpc) is 2.70. The molecule has 1 aromatic rings. The Balaban J connectivity index is 2.41. The normalized spacial score (nSPS) is 23.4. The van der Waals surface area contributed by atoms with E-state index in [4.69, 9.17) is 0 Å². The summed E-state index contributed by atoms with van der Waals surface area (Å²) >= 11 is 3.18. The summed E-state index contributed by atoms with van der Waals surface area (Å²) in [6.07, 6.45) is 2.44. The second-order valence-electron chi connectivity index (χ2n) is 4.46. The molecule has 7 heteroatoms. The van der Waals surface area contributed by atoms with Gasteiger partial charge in [0.2, 0.25) is 5.82 Å². The summed E-state index contributed by atoms with van der Waals surface area (Å²) in [5.41, 5.74) is -0.0306. The van der Waals surface area contributed by atoms with Crippen molar-refractivity contribution in [3.8, 4) is 0 Å². The molecule has 18 heavy (non-hydrogen) atoms. The van der Waals surface area contributed by atoms with Crippen molar-refractivity contribution >= 4 is 27.4 Å². The molecule has 0 aromatic carbocycles. The fourth-order valence-corrected chi connectivity index (χ4v) is 2.65. The van der Waals surface area contributed by atoms with E-state index in [1.807, 2.05) is 11.8 Å². The SMILES string of the molecule is CC1CCN(c2ncc(Br)cc2[N+](=O)[O-])C1CO. The first kappa shape index (κ1) is 13.2. The number of hydrogen-bond donors (Lipinski definition) is 1. The minimum absolute atomic E-state index is 0.0178. The van der Waals surface area contributed by atoms with Crippen LogP contribution in [0.4, 0.5) is 11.5 Å². The van der Waals surface area contributed by atoms with Gasteiger partial charge >= 0.3 is 5.69 Å². The maximum Gasteiger partial charge on any atom is 0.312 e. The molecule has 6 nitrogen and oxygen atoms in total. The van der Waals surface area contributed by atoms with Gasteiger partial charge in [0, 0.05) is 23.3 Å². The number of halogens is 1. The van der Waals surface area contributed by atoms with Gasteiger partial charge in [-0.05, 0) is 28.3 Å². The highest BCUT2D eigenvalue weighted by atomic mass is 79.9. The van der Waals surface area contributed by atoms with Gasteiger partial charge in [-0.2, -0.15) is 0 Å². The van der Waals surface area contributed by atoms with Gasteiger partial charge in [-0.25, -0.2) is 4.98 Å². The van der Waals surface area contributed by atoms with E-state index in [1.165, 1.54) is 6.07 Å². The molecular formula is C11H14BrN3O3. The van der Waals surface area contributed by atoms with Crippen LogP contribution in [0.3, 0.4) is 0 Å². The number of aliphatic hydroxyl groups is 1. The molecule has 1 aliphatic heterocycles. The molecule has 0 radical (unpaired) electrons. The lowest BCUT2D eigenvalue weighted by molar-refractivity contribution is -0.384. The van der Waals surface area contributed by atoms with Crippen molar-refractivity contribution < 1.29 is 10.0 Å². The fraction of sp³-hybridized carbons (Fsp3) is 0.545. The molecule has 1 aliphatic rings. The van der Waals surface area contributed by atoms with Crippen LogP contribution in [0.2, 0.25) is 0 Å². The van der Waals surface area contributed by atoms with E-state index in [1.54, 1.807) is 6.20 Å². The Labute approximate surface area is 113 Å². The molecule has 0 bridgehead atoms. The van der Waals surface area contributed by atoms with E-state index in [-0.39, 0.29) is 18.3 Å². The van der Waals surface area contributed by atoms with Gasteiger partial charge < -0.3 is 10.0 Å². The standard InChI is InChI=1S/C11H14BrN3O3/c1-7-2-3-14(10(7)6-16)11-9(15(17)18)4-8(12)5-13-11/h4-5,7,10,16H,2-3,6H2,1H3. The van der Waals surface area contributed by atoms with Gasteiger partial charge in [0.1, 0.15) is 0 Å². The van der Waals surface area contributed by atoms with Crippen molar-refractivity contribution in [2.24, 2.45) is 5.92 Å². The third-order valence-electron chi connectivity index (χ3n) is 3.35. The third-order valence-corrected chi connectivity index (χ3v) is 3.79. The molecule has 2 atom stereocenters. The molecule has 2 heterocycles. The highest BCUT2D eigenvalue weighted by Crippen LogP contribution is 2.35. The molecule has 0 amide bonds. The quantitative estimate of drug-likeness (QED) is 0.681. The third kappa shape index (κ3) is 2.32. The molecule has 2 unspecified atom stereocenters. The Morgan fingerprint density at radius 1 is 1.72 bits per heavy atom. The van der Waals surface area contributed by atoms with Crippen LogP contribution in [0.25, 0.3) is 0 Å². The average molecular weight is 316 g/mol. The Hall–Kier alpha value is -1.21. The molecule has 98 valence electrons. The van der Waals surface area contributed by atoms with Crippen LogP contribution in [-0.2, 0) is 0 Å². The summed E-state index contributed by atoms with van der Waals surface area (Å²) in [4.78, 5) is 16.6.